The number of carboxylic acid groups (broad SMARTS) is 1. The van der Waals surface area contributed by atoms with Gasteiger partial charge in [0.2, 0.25) is 0 Å². The minimum absolute atomic E-state index is 0.309. The molecular weight excluding hydrogens is 216 g/mol. The number of hydrogen-bond acceptors (Lipinski definition) is 3. The third kappa shape index (κ3) is 2.57. The van der Waals surface area contributed by atoms with Gasteiger partial charge in [0.15, 0.2) is 0 Å². The highest BCUT2D eigenvalue weighted by Gasteiger charge is 2.23. The maximum Gasteiger partial charge on any atom is 0.339 e. The summed E-state index contributed by atoms with van der Waals surface area (Å²) < 4.78 is 0. The van der Waals surface area contributed by atoms with Gasteiger partial charge < -0.3 is 10.0 Å². The quantitative estimate of drug-likeness (QED) is 0.872. The maximum absolute atomic E-state index is 11.1. The average molecular weight is 234 g/mol. The molecule has 2 rings (SSSR count). The first kappa shape index (κ1) is 11.9. The Balaban J connectivity index is 2.24. The van der Waals surface area contributed by atoms with Crippen LogP contribution < -0.4 is 4.90 Å². The predicted octanol–water partition coefficient (Wildman–Crippen LogP) is 2.41. The van der Waals surface area contributed by atoms with Gasteiger partial charge in [0.1, 0.15) is 11.4 Å². The molecule has 0 bridgehead atoms. The molecule has 1 atom stereocenters. The van der Waals surface area contributed by atoms with Crippen molar-refractivity contribution in [1.29, 1.82) is 0 Å². The third-order valence-electron chi connectivity index (χ3n) is 3.41. The number of aromatic nitrogens is 1. The topological polar surface area (TPSA) is 53.4 Å². The molecule has 0 saturated carbocycles. The summed E-state index contributed by atoms with van der Waals surface area (Å²) in [5.74, 6) is 0.386. The molecule has 1 N–H and O–H groups in total. The van der Waals surface area contributed by atoms with Crippen LogP contribution in [0.1, 0.15) is 36.5 Å². The van der Waals surface area contributed by atoms with Crippen LogP contribution in [0.15, 0.2) is 18.3 Å². The Hall–Kier alpha value is -1.58. The van der Waals surface area contributed by atoms with Crippen molar-refractivity contribution in [2.24, 2.45) is 5.92 Å². The van der Waals surface area contributed by atoms with Gasteiger partial charge in [0.05, 0.1) is 0 Å². The highest BCUT2D eigenvalue weighted by Crippen LogP contribution is 2.25. The van der Waals surface area contributed by atoms with Crippen LogP contribution in [0.2, 0.25) is 0 Å². The van der Waals surface area contributed by atoms with Crippen LogP contribution in [0.25, 0.3) is 0 Å². The first-order chi connectivity index (χ1) is 8.22. The molecule has 1 aliphatic heterocycles. The molecule has 1 aromatic heterocycles. The minimum atomic E-state index is -0.897. The Kier molecular flexibility index (Phi) is 3.61. The Labute approximate surface area is 101 Å². The molecule has 1 aliphatic rings. The predicted molar refractivity (Wildman–Crippen MR) is 66.4 cm³/mol. The number of rotatable bonds is 3. The van der Waals surface area contributed by atoms with Gasteiger partial charge >= 0.3 is 5.97 Å². The number of carbonyl (C=O) groups is 1. The normalized spacial score (nSPS) is 20.3. The molecule has 4 heteroatoms. The van der Waals surface area contributed by atoms with E-state index in [1.54, 1.807) is 18.3 Å². The van der Waals surface area contributed by atoms with Crippen LogP contribution in [0, 0.1) is 5.92 Å². The minimum Gasteiger partial charge on any atom is -0.478 e. The fraction of sp³-hybridized carbons (Fsp3) is 0.538. The number of nitrogens with zero attached hydrogens (tertiary/aromatic N) is 2. The highest BCUT2D eigenvalue weighted by molar-refractivity contribution is 5.93. The van der Waals surface area contributed by atoms with E-state index in [0.717, 1.165) is 25.9 Å². The van der Waals surface area contributed by atoms with Crippen molar-refractivity contribution in [3.8, 4) is 0 Å². The van der Waals surface area contributed by atoms with Crippen LogP contribution >= 0.6 is 0 Å². The maximum atomic E-state index is 11.1. The van der Waals surface area contributed by atoms with E-state index in [2.05, 4.69) is 16.8 Å². The zero-order valence-electron chi connectivity index (χ0n) is 10.1. The molecule has 1 unspecified atom stereocenters. The molecule has 0 aromatic carbocycles. The van der Waals surface area contributed by atoms with E-state index in [0.29, 0.717) is 17.3 Å². The molecule has 17 heavy (non-hydrogen) atoms. The fourth-order valence-corrected chi connectivity index (χ4v) is 2.41. The van der Waals surface area contributed by atoms with Gasteiger partial charge in [-0.25, -0.2) is 9.78 Å². The van der Waals surface area contributed by atoms with Crippen molar-refractivity contribution in [3.05, 3.63) is 23.9 Å². The van der Waals surface area contributed by atoms with Gasteiger partial charge in [-0.1, -0.05) is 13.3 Å². The lowest BCUT2D eigenvalue weighted by atomic mass is 9.95. The van der Waals surface area contributed by atoms with Crippen molar-refractivity contribution >= 4 is 11.8 Å². The second-order valence-corrected chi connectivity index (χ2v) is 4.54. The van der Waals surface area contributed by atoms with Crippen molar-refractivity contribution in [2.45, 2.75) is 26.2 Å². The summed E-state index contributed by atoms with van der Waals surface area (Å²) in [7, 11) is 0. The smallest absolute Gasteiger partial charge is 0.339 e. The molecule has 1 fully saturated rings. The summed E-state index contributed by atoms with van der Waals surface area (Å²) >= 11 is 0. The van der Waals surface area contributed by atoms with Crippen LogP contribution in [0.5, 0.6) is 0 Å². The van der Waals surface area contributed by atoms with E-state index in [1.165, 1.54) is 6.42 Å². The van der Waals surface area contributed by atoms with E-state index in [9.17, 15) is 4.79 Å². The Morgan fingerprint density at radius 2 is 2.47 bits per heavy atom. The number of anilines is 1. The summed E-state index contributed by atoms with van der Waals surface area (Å²) in [5, 5.41) is 9.15. The van der Waals surface area contributed by atoms with Gasteiger partial charge in [-0.15, -0.1) is 0 Å². The van der Waals surface area contributed by atoms with E-state index >= 15 is 0 Å². The number of hydrogen-bond donors (Lipinski definition) is 1. The number of aromatic carboxylic acids is 1. The summed E-state index contributed by atoms with van der Waals surface area (Å²) in [4.78, 5) is 17.5. The highest BCUT2D eigenvalue weighted by atomic mass is 16.4. The zero-order valence-corrected chi connectivity index (χ0v) is 10.1. The van der Waals surface area contributed by atoms with Gasteiger partial charge in [-0.3, -0.25) is 0 Å². The summed E-state index contributed by atoms with van der Waals surface area (Å²) in [6.45, 7) is 4.02. The standard InChI is InChI=1S/C13H18N2O2/c1-2-10-5-4-8-15(9-10)12-11(13(16)17)6-3-7-14-12/h3,6-7,10H,2,4-5,8-9H2,1H3,(H,16,17). The monoisotopic (exact) mass is 234 g/mol. The second kappa shape index (κ2) is 5.17. The van der Waals surface area contributed by atoms with Crippen molar-refractivity contribution in [2.75, 3.05) is 18.0 Å². The van der Waals surface area contributed by atoms with Crippen molar-refractivity contribution in [1.82, 2.24) is 4.98 Å². The van der Waals surface area contributed by atoms with E-state index < -0.39 is 5.97 Å². The van der Waals surface area contributed by atoms with Gasteiger partial charge in [-0.2, -0.15) is 0 Å². The lowest BCUT2D eigenvalue weighted by molar-refractivity contribution is 0.0697. The third-order valence-corrected chi connectivity index (χ3v) is 3.41. The SMILES string of the molecule is CCC1CCCN(c2ncccc2C(=O)O)C1. The molecule has 1 aromatic rings. The van der Waals surface area contributed by atoms with Gasteiger partial charge in [-0.05, 0) is 30.9 Å². The molecule has 0 spiro atoms. The summed E-state index contributed by atoms with van der Waals surface area (Å²) in [6, 6.07) is 3.30. The number of carboxylic acids is 1. The van der Waals surface area contributed by atoms with E-state index in [4.69, 9.17) is 5.11 Å². The van der Waals surface area contributed by atoms with Crippen molar-refractivity contribution in [3.63, 3.8) is 0 Å². The molecule has 0 amide bonds. The fourth-order valence-electron chi connectivity index (χ4n) is 2.41. The Morgan fingerprint density at radius 1 is 1.65 bits per heavy atom. The summed E-state index contributed by atoms with van der Waals surface area (Å²) in [6.07, 6.45) is 5.17. The molecule has 2 heterocycles. The average Bonchev–Trinajstić information content (AvgIpc) is 2.39. The van der Waals surface area contributed by atoms with Crippen LogP contribution in [-0.4, -0.2) is 29.1 Å². The molecule has 0 radical (unpaired) electrons. The largest absolute Gasteiger partial charge is 0.478 e. The molecule has 4 nitrogen and oxygen atoms in total. The van der Waals surface area contributed by atoms with Gasteiger partial charge in [0, 0.05) is 19.3 Å². The lowest BCUT2D eigenvalue weighted by Crippen LogP contribution is -2.36. The first-order valence-electron chi connectivity index (χ1n) is 6.15. The summed E-state index contributed by atoms with van der Waals surface area (Å²) in [5.41, 5.74) is 0.309. The van der Waals surface area contributed by atoms with Crippen LogP contribution in [0.3, 0.4) is 0 Å². The lowest BCUT2D eigenvalue weighted by Gasteiger charge is -2.33. The van der Waals surface area contributed by atoms with Gasteiger partial charge in [0.25, 0.3) is 0 Å². The Morgan fingerprint density at radius 3 is 3.18 bits per heavy atom. The zero-order chi connectivity index (χ0) is 12.3. The van der Waals surface area contributed by atoms with Crippen LogP contribution in [-0.2, 0) is 0 Å². The van der Waals surface area contributed by atoms with E-state index in [1.807, 2.05) is 0 Å². The molecular formula is C13H18N2O2. The van der Waals surface area contributed by atoms with E-state index in [-0.39, 0.29) is 0 Å². The Bertz CT molecular complexity index is 406. The first-order valence-corrected chi connectivity index (χ1v) is 6.15. The van der Waals surface area contributed by atoms with Crippen LogP contribution in [0.4, 0.5) is 5.82 Å². The second-order valence-electron chi connectivity index (χ2n) is 4.54. The molecule has 92 valence electrons. The van der Waals surface area contributed by atoms with Crippen molar-refractivity contribution < 1.29 is 9.90 Å². The number of piperidine rings is 1. The molecule has 0 aliphatic carbocycles. The molecule has 1 saturated heterocycles. The number of pyridine rings is 1.